The van der Waals surface area contributed by atoms with Crippen LogP contribution in [0.3, 0.4) is 0 Å². The fraction of sp³-hybridized carbons (Fsp3) is 0.255. The molecule has 0 aliphatic carbocycles. The van der Waals surface area contributed by atoms with Crippen LogP contribution in [0.2, 0.25) is 0 Å². The summed E-state index contributed by atoms with van der Waals surface area (Å²) in [5.74, 6) is 0. The molecule has 0 saturated carbocycles. The van der Waals surface area contributed by atoms with Gasteiger partial charge in [-0.15, -0.1) is 0 Å². The predicted molar refractivity (Wildman–Crippen MR) is 241 cm³/mol. The predicted octanol–water partition coefficient (Wildman–Crippen LogP) is 12.2. The summed E-state index contributed by atoms with van der Waals surface area (Å²) in [5, 5.41) is 4.65. The number of para-hydroxylation sites is 2. The minimum atomic E-state index is 0.703. The quantitative estimate of drug-likeness (QED) is 0.0954. The van der Waals surface area contributed by atoms with Crippen molar-refractivity contribution in [3.63, 3.8) is 0 Å². The molecule has 0 radical (unpaired) electrons. The molecule has 2 aliphatic heterocycles. The number of fused-ring (bicyclic) bond motifs is 6. The SMILES string of the molecule is Cc1ccc2c(n1)oc1c(N3C=CN(CCCCN4C=CN(c5ccc(CCCCCCc6ccc(-c7ccccc7)nc6)c6c5oc5ccccc56)C4)C3)cccc12. The van der Waals surface area contributed by atoms with Gasteiger partial charge in [-0.25, -0.2) is 4.98 Å². The Morgan fingerprint density at radius 1 is 0.559 bits per heavy atom. The number of benzene rings is 4. The molecule has 8 nitrogen and oxygen atoms in total. The summed E-state index contributed by atoms with van der Waals surface area (Å²) >= 11 is 0. The minimum Gasteiger partial charge on any atom is -0.454 e. The lowest BCUT2D eigenvalue weighted by atomic mass is 9.99. The highest BCUT2D eigenvalue weighted by Crippen LogP contribution is 2.39. The third kappa shape index (κ3) is 7.63. The highest BCUT2D eigenvalue weighted by molar-refractivity contribution is 6.11. The Bertz CT molecular complexity index is 2790. The lowest BCUT2D eigenvalue weighted by molar-refractivity contribution is 0.354. The van der Waals surface area contributed by atoms with Gasteiger partial charge >= 0.3 is 0 Å². The Hall–Kier alpha value is -6.54. The first-order chi connectivity index (χ1) is 29.1. The van der Waals surface area contributed by atoms with Gasteiger partial charge in [0.1, 0.15) is 5.58 Å². The molecule has 4 aromatic carbocycles. The monoisotopic (exact) mass is 778 g/mol. The van der Waals surface area contributed by atoms with Crippen molar-refractivity contribution in [2.45, 2.75) is 58.3 Å². The molecule has 296 valence electrons. The molecular weight excluding hydrogens is 729 g/mol. The van der Waals surface area contributed by atoms with Crippen LogP contribution in [-0.4, -0.2) is 46.2 Å². The highest BCUT2D eigenvalue weighted by Gasteiger charge is 2.22. The number of aryl methyl sites for hydroxylation is 3. The van der Waals surface area contributed by atoms with Crippen molar-refractivity contribution >= 4 is 55.4 Å². The molecule has 4 aromatic heterocycles. The zero-order chi connectivity index (χ0) is 39.5. The molecule has 10 rings (SSSR count). The fourth-order valence-corrected chi connectivity index (χ4v) is 8.81. The van der Waals surface area contributed by atoms with Gasteiger partial charge in [0.2, 0.25) is 5.71 Å². The molecule has 0 saturated heterocycles. The second-order valence-corrected chi connectivity index (χ2v) is 16.1. The van der Waals surface area contributed by atoms with Crippen molar-refractivity contribution in [3.8, 4) is 11.3 Å². The smallest absolute Gasteiger partial charge is 0.227 e. The van der Waals surface area contributed by atoms with Gasteiger partial charge in [-0.1, -0.05) is 85.6 Å². The van der Waals surface area contributed by atoms with Gasteiger partial charge in [-0.3, -0.25) is 4.98 Å². The van der Waals surface area contributed by atoms with E-state index in [1.165, 1.54) is 46.7 Å². The molecule has 8 heteroatoms. The summed E-state index contributed by atoms with van der Waals surface area (Å²) in [5.41, 5.74) is 11.6. The number of anilines is 2. The molecule has 6 heterocycles. The Balaban J connectivity index is 0.708. The molecule has 0 unspecified atom stereocenters. The van der Waals surface area contributed by atoms with E-state index < -0.39 is 0 Å². The number of hydrogen-bond acceptors (Lipinski definition) is 8. The first-order valence-corrected chi connectivity index (χ1v) is 21.2. The number of nitrogens with zero attached hydrogens (tertiary/aromatic N) is 6. The van der Waals surface area contributed by atoms with Gasteiger partial charge in [0.25, 0.3) is 0 Å². The molecular formula is C51H50N6O2. The average Bonchev–Trinajstić information content (AvgIpc) is 4.09. The maximum absolute atomic E-state index is 6.62. The van der Waals surface area contributed by atoms with Gasteiger partial charge in [0.05, 0.1) is 30.4 Å². The second kappa shape index (κ2) is 16.4. The Morgan fingerprint density at radius 3 is 2.07 bits per heavy atom. The maximum Gasteiger partial charge on any atom is 0.227 e. The highest BCUT2D eigenvalue weighted by atomic mass is 16.3. The molecule has 0 N–H and O–H groups in total. The fourth-order valence-electron chi connectivity index (χ4n) is 8.81. The topological polar surface area (TPSA) is 65.0 Å². The van der Waals surface area contributed by atoms with Crippen LogP contribution in [0.1, 0.15) is 55.3 Å². The van der Waals surface area contributed by atoms with Gasteiger partial charge in [0.15, 0.2) is 11.2 Å². The van der Waals surface area contributed by atoms with Gasteiger partial charge in [-0.05, 0) is 93.0 Å². The first kappa shape index (κ1) is 36.8. The molecule has 0 amide bonds. The van der Waals surface area contributed by atoms with E-state index in [-0.39, 0.29) is 0 Å². The number of furan rings is 2. The largest absolute Gasteiger partial charge is 0.454 e. The van der Waals surface area contributed by atoms with Crippen LogP contribution in [0.5, 0.6) is 0 Å². The molecule has 59 heavy (non-hydrogen) atoms. The number of hydrogen-bond donors (Lipinski definition) is 0. The van der Waals surface area contributed by atoms with E-state index in [0.717, 1.165) is 109 Å². The van der Waals surface area contributed by atoms with Crippen LogP contribution in [0.4, 0.5) is 11.4 Å². The summed E-state index contributed by atoms with van der Waals surface area (Å²) in [6.45, 7) is 5.65. The number of pyridine rings is 2. The lowest BCUT2D eigenvalue weighted by Crippen LogP contribution is -2.28. The van der Waals surface area contributed by atoms with Gasteiger partial charge < -0.3 is 28.4 Å². The maximum atomic E-state index is 6.62. The zero-order valence-corrected chi connectivity index (χ0v) is 33.8. The van der Waals surface area contributed by atoms with Crippen LogP contribution in [0, 0.1) is 6.92 Å². The summed E-state index contributed by atoms with van der Waals surface area (Å²) in [6.07, 6.45) is 20.0. The first-order valence-electron chi connectivity index (χ1n) is 21.2. The lowest BCUT2D eigenvalue weighted by Gasteiger charge is -2.23. The van der Waals surface area contributed by atoms with Crippen LogP contribution >= 0.6 is 0 Å². The third-order valence-electron chi connectivity index (χ3n) is 12.0. The van der Waals surface area contributed by atoms with Crippen molar-refractivity contribution in [2.75, 3.05) is 36.2 Å². The van der Waals surface area contributed by atoms with Crippen LogP contribution in [-0.2, 0) is 12.8 Å². The van der Waals surface area contributed by atoms with E-state index in [4.69, 9.17) is 13.8 Å². The van der Waals surface area contributed by atoms with E-state index in [0.29, 0.717) is 5.71 Å². The van der Waals surface area contributed by atoms with E-state index in [1.807, 2.05) is 25.3 Å². The normalized spacial score (nSPS) is 14.1. The number of unbranched alkanes of at least 4 members (excludes halogenated alkanes) is 4. The summed E-state index contributed by atoms with van der Waals surface area (Å²) in [4.78, 5) is 18.8. The van der Waals surface area contributed by atoms with E-state index in [9.17, 15) is 0 Å². The van der Waals surface area contributed by atoms with E-state index in [1.54, 1.807) is 0 Å². The Morgan fingerprint density at radius 2 is 1.29 bits per heavy atom. The Labute approximate surface area is 345 Å². The van der Waals surface area contributed by atoms with Crippen molar-refractivity contribution in [1.29, 1.82) is 0 Å². The molecule has 0 spiro atoms. The summed E-state index contributed by atoms with van der Waals surface area (Å²) in [7, 11) is 0. The van der Waals surface area contributed by atoms with Crippen LogP contribution in [0.25, 0.3) is 55.3 Å². The van der Waals surface area contributed by atoms with E-state index >= 15 is 0 Å². The molecule has 8 aromatic rings. The molecule has 0 atom stereocenters. The van der Waals surface area contributed by atoms with Crippen molar-refractivity contribution in [3.05, 3.63) is 157 Å². The zero-order valence-electron chi connectivity index (χ0n) is 33.8. The average molecular weight is 779 g/mol. The van der Waals surface area contributed by atoms with Crippen molar-refractivity contribution in [2.24, 2.45) is 0 Å². The second-order valence-electron chi connectivity index (χ2n) is 16.1. The number of aromatic nitrogens is 2. The molecule has 0 bridgehead atoms. The van der Waals surface area contributed by atoms with Crippen molar-refractivity contribution in [1.82, 2.24) is 19.8 Å². The molecule has 2 aliphatic rings. The summed E-state index contributed by atoms with van der Waals surface area (Å²) in [6, 6.07) is 38.4. The van der Waals surface area contributed by atoms with Crippen LogP contribution < -0.4 is 9.80 Å². The minimum absolute atomic E-state index is 0.703. The van der Waals surface area contributed by atoms with E-state index in [2.05, 4.69) is 146 Å². The Kier molecular flexibility index (Phi) is 10.2. The number of rotatable bonds is 15. The van der Waals surface area contributed by atoms with Crippen LogP contribution in [0.15, 0.2) is 149 Å². The third-order valence-corrected chi connectivity index (χ3v) is 12.0. The molecule has 0 fully saturated rings. The standard InChI is InChI=1S/C51H50N6O2/c1-37-22-25-42-41-19-13-20-45(49(41)59-51(42)53-37)56-32-30-54(35-56)28-11-12-29-55-31-33-57(36-55)46-27-24-40(48-43-18-9-10-21-47(43)58-50(46)48)17-6-3-2-5-14-38-23-26-44(52-34-38)39-15-7-4-8-16-39/h4,7-10,13,15-16,18-27,30-34H,2-3,5-6,11-12,14,17,28-29,35-36H2,1H3. The van der Waals surface area contributed by atoms with Gasteiger partial charge in [-0.2, -0.15) is 0 Å². The summed E-state index contributed by atoms with van der Waals surface area (Å²) < 4.78 is 12.9. The van der Waals surface area contributed by atoms with Gasteiger partial charge in [0, 0.05) is 76.9 Å². The van der Waals surface area contributed by atoms with Crippen molar-refractivity contribution < 1.29 is 8.83 Å².